The molecule has 1 aromatic heterocycles. The average Bonchev–Trinajstić information content (AvgIpc) is 2.35. The zero-order valence-electron chi connectivity index (χ0n) is 10.7. The van der Waals surface area contributed by atoms with Crippen LogP contribution >= 0.6 is 23.5 Å². The molecule has 0 spiro atoms. The summed E-state index contributed by atoms with van der Waals surface area (Å²) >= 11 is 2.89. The second-order valence-corrected chi connectivity index (χ2v) is 7.03. The Bertz CT molecular complexity index is 747. The molecular formula is C12H11BrF2NO4P. The van der Waals surface area contributed by atoms with Crippen molar-refractivity contribution in [3.05, 3.63) is 40.0 Å². The van der Waals surface area contributed by atoms with Gasteiger partial charge >= 0.3 is 13.3 Å². The molecule has 5 nitrogen and oxygen atoms in total. The van der Waals surface area contributed by atoms with Crippen LogP contribution in [0.25, 0.3) is 10.9 Å². The van der Waals surface area contributed by atoms with Crippen LogP contribution in [-0.4, -0.2) is 19.9 Å². The van der Waals surface area contributed by atoms with E-state index in [0.29, 0.717) is 5.39 Å². The first kappa shape index (κ1) is 16.5. The lowest BCUT2D eigenvalue weighted by atomic mass is 10.1. The fraction of sp³-hybridized carbons (Fsp3) is 0.250. The standard InChI is InChI=1S/C12H11BrF2NO4P/c1-6(17)10-3-2-7-4-9(13)8(5-11(7)16-10)12(14,15)21(18,19)20/h2-6,17H,1H3,(H2,18,19,20). The topological polar surface area (TPSA) is 90.7 Å². The van der Waals surface area contributed by atoms with Gasteiger partial charge in [0.1, 0.15) is 0 Å². The number of rotatable bonds is 3. The molecule has 1 aromatic carbocycles. The van der Waals surface area contributed by atoms with Gasteiger partial charge in [-0.2, -0.15) is 8.78 Å². The number of hydrogen-bond acceptors (Lipinski definition) is 3. The number of aliphatic hydroxyl groups is 1. The van der Waals surface area contributed by atoms with E-state index in [9.17, 15) is 18.5 Å². The summed E-state index contributed by atoms with van der Waals surface area (Å²) in [6, 6.07) is 5.33. The van der Waals surface area contributed by atoms with Crippen LogP contribution in [0.4, 0.5) is 8.78 Å². The molecule has 3 N–H and O–H groups in total. The van der Waals surface area contributed by atoms with E-state index in [1.807, 2.05) is 0 Å². The summed E-state index contributed by atoms with van der Waals surface area (Å²) in [6.07, 6.45) is -0.885. The Morgan fingerprint density at radius 3 is 2.48 bits per heavy atom. The van der Waals surface area contributed by atoms with E-state index in [1.54, 1.807) is 12.1 Å². The third-order valence-electron chi connectivity index (χ3n) is 2.92. The van der Waals surface area contributed by atoms with E-state index in [2.05, 4.69) is 20.9 Å². The number of aromatic nitrogens is 1. The van der Waals surface area contributed by atoms with Gasteiger partial charge in [0.2, 0.25) is 0 Å². The molecule has 0 fully saturated rings. The fourth-order valence-electron chi connectivity index (χ4n) is 1.78. The van der Waals surface area contributed by atoms with Gasteiger partial charge in [-0.1, -0.05) is 22.0 Å². The molecule has 0 amide bonds. The highest BCUT2D eigenvalue weighted by atomic mass is 79.9. The van der Waals surface area contributed by atoms with Crippen molar-refractivity contribution in [1.29, 1.82) is 0 Å². The van der Waals surface area contributed by atoms with Crippen LogP contribution in [0.1, 0.15) is 24.3 Å². The summed E-state index contributed by atoms with van der Waals surface area (Å²) < 4.78 is 38.5. The van der Waals surface area contributed by atoms with Gasteiger partial charge in [-0.3, -0.25) is 9.55 Å². The van der Waals surface area contributed by atoms with Gasteiger partial charge in [-0.15, -0.1) is 0 Å². The van der Waals surface area contributed by atoms with Crippen LogP contribution in [0.2, 0.25) is 0 Å². The summed E-state index contributed by atoms with van der Waals surface area (Å²) in [5.41, 5.74) is -4.80. The Morgan fingerprint density at radius 1 is 1.33 bits per heavy atom. The van der Waals surface area contributed by atoms with Crippen molar-refractivity contribution in [2.75, 3.05) is 0 Å². The molecular weight excluding hydrogens is 371 g/mol. The van der Waals surface area contributed by atoms with Gasteiger partial charge in [0.05, 0.1) is 17.3 Å². The van der Waals surface area contributed by atoms with E-state index >= 15 is 0 Å². The van der Waals surface area contributed by atoms with Crippen molar-refractivity contribution in [2.24, 2.45) is 0 Å². The van der Waals surface area contributed by atoms with E-state index in [-0.39, 0.29) is 15.7 Å². The second-order valence-electron chi connectivity index (χ2n) is 4.52. The van der Waals surface area contributed by atoms with Gasteiger partial charge in [0.25, 0.3) is 0 Å². The number of pyridine rings is 1. The van der Waals surface area contributed by atoms with Crippen molar-refractivity contribution in [2.45, 2.75) is 18.7 Å². The third kappa shape index (κ3) is 3.00. The molecule has 114 valence electrons. The number of halogens is 3. The molecule has 2 rings (SSSR count). The predicted octanol–water partition coefficient (Wildman–Crippen LogP) is 3.28. The Hall–Kier alpha value is -0.920. The number of aliphatic hydroxyl groups excluding tert-OH is 1. The summed E-state index contributed by atoms with van der Waals surface area (Å²) in [7, 11) is -5.67. The molecule has 0 aliphatic heterocycles. The normalized spacial score (nSPS) is 14.4. The molecule has 0 aliphatic rings. The minimum atomic E-state index is -5.67. The predicted molar refractivity (Wildman–Crippen MR) is 76.0 cm³/mol. The Morgan fingerprint density at radius 2 is 1.95 bits per heavy atom. The van der Waals surface area contributed by atoms with Gasteiger partial charge in [-0.25, -0.2) is 0 Å². The summed E-state index contributed by atoms with van der Waals surface area (Å²) in [5.74, 6) is 0. The number of fused-ring (bicyclic) bond motifs is 1. The maximum Gasteiger partial charge on any atom is 0.399 e. The summed E-state index contributed by atoms with van der Waals surface area (Å²) in [5, 5.41) is 9.95. The smallest absolute Gasteiger partial charge is 0.387 e. The molecule has 1 heterocycles. The molecule has 1 unspecified atom stereocenters. The minimum Gasteiger partial charge on any atom is -0.387 e. The lowest BCUT2D eigenvalue weighted by Gasteiger charge is -2.19. The van der Waals surface area contributed by atoms with E-state index in [0.717, 1.165) is 6.07 Å². The van der Waals surface area contributed by atoms with E-state index in [4.69, 9.17) is 9.79 Å². The fourth-order valence-corrected chi connectivity index (χ4v) is 3.04. The molecule has 0 aliphatic carbocycles. The highest BCUT2D eigenvalue weighted by molar-refractivity contribution is 9.10. The molecule has 0 saturated carbocycles. The van der Waals surface area contributed by atoms with E-state index < -0.39 is 24.9 Å². The van der Waals surface area contributed by atoms with Crippen LogP contribution in [0.15, 0.2) is 28.7 Å². The number of nitrogens with zero attached hydrogens (tertiary/aromatic N) is 1. The number of benzene rings is 1. The lowest BCUT2D eigenvalue weighted by Crippen LogP contribution is -2.14. The molecule has 9 heteroatoms. The van der Waals surface area contributed by atoms with Gasteiger partial charge < -0.3 is 14.9 Å². The molecule has 0 bridgehead atoms. The average molecular weight is 382 g/mol. The first-order chi connectivity index (χ1) is 9.54. The van der Waals surface area contributed by atoms with Crippen LogP contribution in [0.5, 0.6) is 0 Å². The quantitative estimate of drug-likeness (QED) is 0.709. The Kier molecular flexibility index (Phi) is 4.21. The zero-order chi connectivity index (χ0) is 16.0. The molecule has 0 radical (unpaired) electrons. The Balaban J connectivity index is 2.71. The largest absolute Gasteiger partial charge is 0.399 e. The number of alkyl halides is 2. The Labute approximate surface area is 126 Å². The summed E-state index contributed by atoms with van der Waals surface area (Å²) in [6.45, 7) is 1.47. The molecule has 2 aromatic rings. The van der Waals surface area contributed by atoms with E-state index in [1.165, 1.54) is 13.0 Å². The van der Waals surface area contributed by atoms with Crippen molar-refractivity contribution in [3.8, 4) is 0 Å². The number of hydrogen-bond donors (Lipinski definition) is 3. The van der Waals surface area contributed by atoms with Crippen molar-refractivity contribution in [3.63, 3.8) is 0 Å². The second kappa shape index (κ2) is 5.37. The van der Waals surface area contributed by atoms with Crippen molar-refractivity contribution < 1.29 is 28.2 Å². The van der Waals surface area contributed by atoms with Crippen LogP contribution in [-0.2, 0) is 10.2 Å². The highest BCUT2D eigenvalue weighted by Gasteiger charge is 2.51. The van der Waals surface area contributed by atoms with Gasteiger partial charge in [0, 0.05) is 15.4 Å². The lowest BCUT2D eigenvalue weighted by molar-refractivity contribution is 0.0558. The maximum atomic E-state index is 13.8. The van der Waals surface area contributed by atoms with Crippen LogP contribution in [0, 0.1) is 0 Å². The highest BCUT2D eigenvalue weighted by Crippen LogP contribution is 2.60. The third-order valence-corrected chi connectivity index (χ3v) is 4.55. The SMILES string of the molecule is CC(O)c1ccc2cc(Br)c(C(F)(F)P(=O)(O)O)cc2n1. The first-order valence-corrected chi connectivity index (χ1v) is 8.17. The first-order valence-electron chi connectivity index (χ1n) is 5.76. The maximum absolute atomic E-state index is 13.8. The molecule has 21 heavy (non-hydrogen) atoms. The van der Waals surface area contributed by atoms with Crippen molar-refractivity contribution in [1.82, 2.24) is 4.98 Å². The van der Waals surface area contributed by atoms with Gasteiger partial charge in [0.15, 0.2) is 0 Å². The summed E-state index contributed by atoms with van der Waals surface area (Å²) in [4.78, 5) is 21.7. The van der Waals surface area contributed by atoms with Crippen LogP contribution < -0.4 is 0 Å². The molecule has 1 atom stereocenters. The monoisotopic (exact) mass is 381 g/mol. The minimum absolute atomic E-state index is 0.111. The van der Waals surface area contributed by atoms with Crippen molar-refractivity contribution >= 4 is 34.4 Å². The zero-order valence-corrected chi connectivity index (χ0v) is 13.1. The van der Waals surface area contributed by atoms with Crippen LogP contribution in [0.3, 0.4) is 0 Å². The molecule has 0 saturated heterocycles. The van der Waals surface area contributed by atoms with Gasteiger partial charge in [-0.05, 0) is 25.1 Å².